The number of aryl methyl sites for hydroxylation is 3. The number of hydrogen-bond donors (Lipinski definition) is 1. The highest BCUT2D eigenvalue weighted by atomic mass is 32.2. The molecule has 1 aliphatic rings. The molecule has 1 amide bonds. The third-order valence-corrected chi connectivity index (χ3v) is 5.59. The van der Waals surface area contributed by atoms with Crippen LogP contribution in [0.3, 0.4) is 0 Å². The smallest absolute Gasteiger partial charge is 0.235 e. The number of para-hydroxylation sites is 1. The van der Waals surface area contributed by atoms with Crippen LogP contribution in [0.4, 0.5) is 5.82 Å². The van der Waals surface area contributed by atoms with Crippen LogP contribution in [0, 0.1) is 20.8 Å². The van der Waals surface area contributed by atoms with Gasteiger partial charge < -0.3 is 9.84 Å². The summed E-state index contributed by atoms with van der Waals surface area (Å²) in [4.78, 5) is 12.3. The van der Waals surface area contributed by atoms with Crippen molar-refractivity contribution in [2.75, 3.05) is 11.1 Å². The molecule has 0 saturated carbocycles. The number of hydrogen-bond acceptors (Lipinski definition) is 5. The van der Waals surface area contributed by atoms with E-state index < -0.39 is 0 Å². The number of fused-ring (bicyclic) bond motifs is 1. The van der Waals surface area contributed by atoms with Gasteiger partial charge in [0.05, 0.1) is 28.1 Å². The summed E-state index contributed by atoms with van der Waals surface area (Å²) in [6.07, 6.45) is 0. The zero-order chi connectivity index (χ0) is 17.6. The van der Waals surface area contributed by atoms with Gasteiger partial charge in [0, 0.05) is 11.1 Å². The maximum Gasteiger partial charge on any atom is 0.235 e. The number of thioether (sulfide) groups is 1. The average molecular weight is 354 g/mol. The van der Waals surface area contributed by atoms with Gasteiger partial charge in [0.1, 0.15) is 11.6 Å². The lowest BCUT2D eigenvalue weighted by atomic mass is 10.0. The molecule has 0 radical (unpaired) electrons. The summed E-state index contributed by atoms with van der Waals surface area (Å²) in [6, 6.07) is 9.82. The van der Waals surface area contributed by atoms with Gasteiger partial charge in [-0.2, -0.15) is 5.10 Å². The first-order chi connectivity index (χ1) is 12.1. The number of anilines is 1. The van der Waals surface area contributed by atoms with Crippen molar-refractivity contribution in [3.63, 3.8) is 0 Å². The molecule has 7 heteroatoms. The highest BCUT2D eigenvalue weighted by Gasteiger charge is 2.33. The molecular formula is C18H18N4O2S. The molecule has 1 unspecified atom stereocenters. The van der Waals surface area contributed by atoms with Crippen molar-refractivity contribution in [2.24, 2.45) is 0 Å². The van der Waals surface area contributed by atoms with E-state index >= 15 is 0 Å². The van der Waals surface area contributed by atoms with Crippen molar-refractivity contribution < 1.29 is 9.32 Å². The Balaban J connectivity index is 1.94. The molecule has 1 aromatic carbocycles. The van der Waals surface area contributed by atoms with Crippen LogP contribution in [0.2, 0.25) is 0 Å². The quantitative estimate of drug-likeness (QED) is 0.762. The molecule has 0 spiro atoms. The molecule has 3 aromatic rings. The van der Waals surface area contributed by atoms with E-state index in [-0.39, 0.29) is 11.2 Å². The lowest BCUT2D eigenvalue weighted by molar-refractivity contribution is -0.113. The zero-order valence-corrected chi connectivity index (χ0v) is 15.1. The van der Waals surface area contributed by atoms with Crippen LogP contribution in [0.15, 0.2) is 34.9 Å². The molecule has 0 saturated heterocycles. The Morgan fingerprint density at radius 3 is 2.60 bits per heavy atom. The van der Waals surface area contributed by atoms with Gasteiger partial charge in [-0.25, -0.2) is 4.68 Å². The van der Waals surface area contributed by atoms with Gasteiger partial charge in [0.25, 0.3) is 0 Å². The number of aromatic nitrogens is 3. The van der Waals surface area contributed by atoms with E-state index in [4.69, 9.17) is 9.62 Å². The summed E-state index contributed by atoms with van der Waals surface area (Å²) in [7, 11) is 0. The molecule has 0 bridgehead atoms. The lowest BCUT2D eigenvalue weighted by Gasteiger charge is -2.14. The minimum absolute atomic E-state index is 0.0300. The third-order valence-electron chi connectivity index (χ3n) is 4.36. The summed E-state index contributed by atoms with van der Waals surface area (Å²) < 4.78 is 7.17. The second-order valence-electron chi connectivity index (χ2n) is 6.07. The first kappa shape index (κ1) is 16.0. The van der Waals surface area contributed by atoms with Crippen LogP contribution < -0.4 is 5.32 Å². The van der Waals surface area contributed by atoms with E-state index in [1.54, 1.807) is 16.4 Å². The second-order valence-corrected chi connectivity index (χ2v) is 7.17. The van der Waals surface area contributed by atoms with Gasteiger partial charge in [-0.3, -0.25) is 4.79 Å². The first-order valence-corrected chi connectivity index (χ1v) is 9.10. The highest BCUT2D eigenvalue weighted by molar-refractivity contribution is 8.00. The van der Waals surface area contributed by atoms with E-state index in [0.29, 0.717) is 5.75 Å². The van der Waals surface area contributed by atoms with Gasteiger partial charge in [-0.05, 0) is 32.9 Å². The van der Waals surface area contributed by atoms with Gasteiger partial charge in [-0.1, -0.05) is 23.4 Å². The van der Waals surface area contributed by atoms with Gasteiger partial charge in [0.2, 0.25) is 5.91 Å². The minimum Gasteiger partial charge on any atom is -0.361 e. The SMILES string of the molecule is Cc1noc(C)c1C1SCC(=O)Nc2c1c(C)nn2-c1ccccc1. The number of nitrogens with one attached hydrogen (secondary N) is 1. The second kappa shape index (κ2) is 6.07. The predicted molar refractivity (Wildman–Crippen MR) is 97.2 cm³/mol. The van der Waals surface area contributed by atoms with Crippen LogP contribution in [0.1, 0.15) is 33.5 Å². The van der Waals surface area contributed by atoms with Gasteiger partial charge in [-0.15, -0.1) is 11.8 Å². The molecule has 1 N–H and O–H groups in total. The largest absolute Gasteiger partial charge is 0.361 e. The van der Waals surface area contributed by atoms with Gasteiger partial charge in [0.15, 0.2) is 0 Å². The number of rotatable bonds is 2. The lowest BCUT2D eigenvalue weighted by Crippen LogP contribution is -2.15. The summed E-state index contributed by atoms with van der Waals surface area (Å²) in [5.41, 5.74) is 4.69. The van der Waals surface area contributed by atoms with Crippen molar-refractivity contribution in [1.29, 1.82) is 0 Å². The molecule has 4 rings (SSSR count). The van der Waals surface area contributed by atoms with Crippen LogP contribution >= 0.6 is 11.8 Å². The Hall–Kier alpha value is -2.54. The van der Waals surface area contributed by atoms with Crippen LogP contribution in [0.5, 0.6) is 0 Å². The number of nitrogens with zero attached hydrogens (tertiary/aromatic N) is 3. The monoisotopic (exact) mass is 354 g/mol. The zero-order valence-electron chi connectivity index (χ0n) is 14.2. The fourth-order valence-electron chi connectivity index (χ4n) is 3.23. The van der Waals surface area contributed by atoms with Crippen LogP contribution in [-0.2, 0) is 4.79 Å². The Morgan fingerprint density at radius 1 is 1.16 bits per heavy atom. The Kier molecular flexibility index (Phi) is 3.88. The van der Waals surface area contributed by atoms with E-state index in [1.165, 1.54) is 0 Å². The summed E-state index contributed by atoms with van der Waals surface area (Å²) in [6.45, 7) is 5.82. The molecule has 2 aromatic heterocycles. The summed E-state index contributed by atoms with van der Waals surface area (Å²) >= 11 is 1.58. The van der Waals surface area contributed by atoms with E-state index in [1.807, 2.05) is 51.1 Å². The molecular weight excluding hydrogens is 336 g/mol. The molecule has 0 fully saturated rings. The molecule has 25 heavy (non-hydrogen) atoms. The van der Waals surface area contributed by atoms with E-state index in [2.05, 4.69) is 10.5 Å². The molecule has 1 atom stereocenters. The van der Waals surface area contributed by atoms with Crippen molar-refractivity contribution in [3.8, 4) is 5.69 Å². The maximum atomic E-state index is 12.3. The molecule has 1 aliphatic heterocycles. The van der Waals surface area contributed by atoms with E-state index in [9.17, 15) is 4.79 Å². The Bertz CT molecular complexity index is 926. The minimum atomic E-state index is -0.0438. The Labute approximate surface area is 149 Å². The first-order valence-electron chi connectivity index (χ1n) is 8.05. The normalized spacial score (nSPS) is 17.1. The van der Waals surface area contributed by atoms with Crippen LogP contribution in [-0.4, -0.2) is 26.6 Å². The molecule has 0 aliphatic carbocycles. The summed E-state index contributed by atoms with van der Waals surface area (Å²) in [5, 5.41) is 11.8. The fraction of sp³-hybridized carbons (Fsp3) is 0.278. The molecule has 6 nitrogen and oxygen atoms in total. The molecule has 128 valence electrons. The van der Waals surface area contributed by atoms with Crippen molar-refractivity contribution in [2.45, 2.75) is 26.0 Å². The maximum absolute atomic E-state index is 12.3. The van der Waals surface area contributed by atoms with E-state index in [0.717, 1.165) is 39.8 Å². The highest BCUT2D eigenvalue weighted by Crippen LogP contribution is 2.45. The van der Waals surface area contributed by atoms with Gasteiger partial charge >= 0.3 is 0 Å². The molecule has 3 heterocycles. The number of benzene rings is 1. The fourth-order valence-corrected chi connectivity index (χ4v) is 4.57. The summed E-state index contributed by atoms with van der Waals surface area (Å²) in [5.74, 6) is 1.85. The van der Waals surface area contributed by atoms with Crippen LogP contribution in [0.25, 0.3) is 5.69 Å². The topological polar surface area (TPSA) is 73.0 Å². The number of carbonyl (C=O) groups excluding carboxylic acids is 1. The number of amides is 1. The van der Waals surface area contributed by atoms with Crippen molar-refractivity contribution in [1.82, 2.24) is 14.9 Å². The number of carbonyl (C=O) groups is 1. The standard InChI is InChI=1S/C18H18N4O2S/c1-10-16-17(15-11(2)21-24-12(15)3)25-9-14(23)19-18(16)22(20-10)13-7-5-4-6-8-13/h4-8,17H,9H2,1-3H3,(H,19,23). The third kappa shape index (κ3) is 2.64. The van der Waals surface area contributed by atoms with Crippen molar-refractivity contribution in [3.05, 3.63) is 58.6 Å². The van der Waals surface area contributed by atoms with Crippen molar-refractivity contribution >= 4 is 23.5 Å². The predicted octanol–water partition coefficient (Wildman–Crippen LogP) is 3.56. The average Bonchev–Trinajstić information content (AvgIpc) is 3.04. The Morgan fingerprint density at radius 2 is 1.92 bits per heavy atom.